The van der Waals surface area contributed by atoms with E-state index in [1.54, 1.807) is 35.4 Å². The molecule has 2 aromatic heterocycles. The van der Waals surface area contributed by atoms with E-state index in [4.69, 9.17) is 0 Å². The van der Waals surface area contributed by atoms with E-state index >= 15 is 0 Å². The molecule has 5 nitrogen and oxygen atoms in total. The summed E-state index contributed by atoms with van der Waals surface area (Å²) in [5.41, 5.74) is 0.239. The van der Waals surface area contributed by atoms with Crippen molar-refractivity contribution in [2.45, 2.75) is 31.5 Å². The van der Waals surface area contributed by atoms with Gasteiger partial charge in [-0.1, -0.05) is 12.1 Å². The fourth-order valence-corrected chi connectivity index (χ4v) is 3.48. The lowest BCUT2D eigenvalue weighted by Gasteiger charge is -2.37. The molecule has 140 valence electrons. The topological polar surface area (TPSA) is 46.8 Å². The molecular weight excluding hydrogens is 355 g/mol. The summed E-state index contributed by atoms with van der Waals surface area (Å²) in [6.07, 6.45) is 5.23. The van der Waals surface area contributed by atoms with Crippen molar-refractivity contribution in [3.05, 3.63) is 66.5 Å². The molecule has 8 heteroatoms. The standard InChI is InChI=1S/C19H18F3N5/c20-19(21,22)15-6-4-14(5-7-15)16-3-1-2-9-27(16)18-11-17(24-12-25-18)26-10-8-23-13-26/h4-8,10-13,16H,1-3,9H2/t16-/m0/s1. The van der Waals surface area contributed by atoms with Gasteiger partial charge in [0.05, 0.1) is 11.6 Å². The van der Waals surface area contributed by atoms with Gasteiger partial charge in [0.15, 0.2) is 0 Å². The van der Waals surface area contributed by atoms with Crippen molar-refractivity contribution in [3.8, 4) is 5.82 Å². The summed E-state index contributed by atoms with van der Waals surface area (Å²) >= 11 is 0. The Morgan fingerprint density at radius 3 is 2.48 bits per heavy atom. The highest BCUT2D eigenvalue weighted by molar-refractivity contribution is 5.47. The van der Waals surface area contributed by atoms with E-state index in [0.29, 0.717) is 5.82 Å². The molecule has 1 aliphatic rings. The maximum absolute atomic E-state index is 12.8. The zero-order valence-electron chi connectivity index (χ0n) is 14.5. The van der Waals surface area contributed by atoms with Gasteiger partial charge in [-0.05, 0) is 37.0 Å². The number of nitrogens with zero attached hydrogens (tertiary/aromatic N) is 5. The summed E-state index contributed by atoms with van der Waals surface area (Å²) in [7, 11) is 0. The molecule has 1 atom stereocenters. The highest BCUT2D eigenvalue weighted by Crippen LogP contribution is 2.36. The van der Waals surface area contributed by atoms with Gasteiger partial charge >= 0.3 is 6.18 Å². The minimum atomic E-state index is -4.32. The number of halogens is 3. The van der Waals surface area contributed by atoms with Crippen molar-refractivity contribution in [3.63, 3.8) is 0 Å². The van der Waals surface area contributed by atoms with E-state index in [1.165, 1.54) is 6.33 Å². The molecule has 4 rings (SSSR count). The maximum Gasteiger partial charge on any atom is 0.416 e. The van der Waals surface area contributed by atoms with E-state index in [1.807, 2.05) is 6.07 Å². The van der Waals surface area contributed by atoms with Crippen LogP contribution in [0.15, 0.2) is 55.4 Å². The SMILES string of the molecule is FC(F)(F)c1ccc([C@@H]2CCCCN2c2cc(-n3ccnc3)ncn2)cc1. The second kappa shape index (κ2) is 7.02. The summed E-state index contributed by atoms with van der Waals surface area (Å²) in [6, 6.07) is 7.32. The fraction of sp³-hybridized carbons (Fsp3) is 0.316. The van der Waals surface area contributed by atoms with Crippen LogP contribution in [0.4, 0.5) is 19.0 Å². The van der Waals surface area contributed by atoms with Gasteiger partial charge in [-0.2, -0.15) is 13.2 Å². The average Bonchev–Trinajstić information content (AvgIpc) is 3.22. The summed E-state index contributed by atoms with van der Waals surface area (Å²) in [5, 5.41) is 0. The second-order valence-corrected chi connectivity index (χ2v) is 6.53. The lowest BCUT2D eigenvalue weighted by atomic mass is 9.94. The Labute approximate surface area is 154 Å². The first-order valence-corrected chi connectivity index (χ1v) is 8.76. The molecule has 27 heavy (non-hydrogen) atoms. The number of anilines is 1. The predicted octanol–water partition coefficient (Wildman–Crippen LogP) is 4.41. The number of hydrogen-bond donors (Lipinski definition) is 0. The van der Waals surface area contributed by atoms with Crippen molar-refractivity contribution < 1.29 is 13.2 Å². The van der Waals surface area contributed by atoms with Gasteiger partial charge < -0.3 is 4.90 Å². The van der Waals surface area contributed by atoms with Crippen LogP contribution >= 0.6 is 0 Å². The third-order valence-corrected chi connectivity index (χ3v) is 4.83. The van der Waals surface area contributed by atoms with E-state index < -0.39 is 11.7 Å². The summed E-state index contributed by atoms with van der Waals surface area (Å²) in [6.45, 7) is 0.798. The Bertz CT molecular complexity index is 890. The quantitative estimate of drug-likeness (QED) is 0.682. The molecule has 0 aliphatic carbocycles. The van der Waals surface area contributed by atoms with Gasteiger partial charge in [-0.15, -0.1) is 0 Å². The van der Waals surface area contributed by atoms with Crippen LogP contribution in [-0.2, 0) is 6.18 Å². The molecule has 1 aromatic carbocycles. The molecular formula is C19H18F3N5. The predicted molar refractivity (Wildman–Crippen MR) is 94.5 cm³/mol. The van der Waals surface area contributed by atoms with Gasteiger partial charge in [0.25, 0.3) is 0 Å². The van der Waals surface area contributed by atoms with Gasteiger partial charge in [0.2, 0.25) is 0 Å². The summed E-state index contributed by atoms with van der Waals surface area (Å²) < 4.78 is 40.3. The molecule has 0 N–H and O–H groups in total. The number of imidazole rings is 1. The van der Waals surface area contributed by atoms with Crippen molar-refractivity contribution in [2.75, 3.05) is 11.4 Å². The van der Waals surface area contributed by atoms with Crippen LogP contribution in [0.25, 0.3) is 5.82 Å². The summed E-state index contributed by atoms with van der Waals surface area (Å²) in [5.74, 6) is 1.47. The molecule has 0 amide bonds. The van der Waals surface area contributed by atoms with Crippen LogP contribution in [-0.4, -0.2) is 26.1 Å². The van der Waals surface area contributed by atoms with Crippen molar-refractivity contribution in [2.24, 2.45) is 0 Å². The molecule has 0 radical (unpaired) electrons. The van der Waals surface area contributed by atoms with Crippen LogP contribution in [0.2, 0.25) is 0 Å². The first-order chi connectivity index (χ1) is 13.0. The molecule has 0 spiro atoms. The molecule has 0 bridgehead atoms. The highest BCUT2D eigenvalue weighted by Gasteiger charge is 2.31. The minimum absolute atomic E-state index is 0.00780. The molecule has 0 unspecified atom stereocenters. The van der Waals surface area contributed by atoms with E-state index in [0.717, 1.165) is 49.3 Å². The fourth-order valence-electron chi connectivity index (χ4n) is 3.48. The Hall–Kier alpha value is -2.90. The van der Waals surface area contributed by atoms with Crippen LogP contribution in [0.5, 0.6) is 0 Å². The molecule has 1 aliphatic heterocycles. The third kappa shape index (κ3) is 3.65. The molecule has 3 heterocycles. The van der Waals surface area contributed by atoms with Crippen LogP contribution < -0.4 is 4.90 Å². The number of rotatable bonds is 3. The Morgan fingerprint density at radius 1 is 1.00 bits per heavy atom. The highest BCUT2D eigenvalue weighted by atomic mass is 19.4. The van der Waals surface area contributed by atoms with Crippen molar-refractivity contribution in [1.29, 1.82) is 0 Å². The second-order valence-electron chi connectivity index (χ2n) is 6.53. The minimum Gasteiger partial charge on any atom is -0.349 e. The first kappa shape index (κ1) is 17.5. The number of benzene rings is 1. The van der Waals surface area contributed by atoms with E-state index in [-0.39, 0.29) is 6.04 Å². The van der Waals surface area contributed by atoms with Gasteiger partial charge in [0.1, 0.15) is 24.3 Å². The molecule has 1 saturated heterocycles. The normalized spacial score (nSPS) is 17.9. The smallest absolute Gasteiger partial charge is 0.349 e. The van der Waals surface area contributed by atoms with Gasteiger partial charge in [-0.3, -0.25) is 4.57 Å². The Kier molecular flexibility index (Phi) is 4.55. The van der Waals surface area contributed by atoms with E-state index in [2.05, 4.69) is 19.9 Å². The third-order valence-electron chi connectivity index (χ3n) is 4.83. The monoisotopic (exact) mass is 373 g/mol. The number of piperidine rings is 1. The molecule has 1 fully saturated rings. The first-order valence-electron chi connectivity index (χ1n) is 8.76. The largest absolute Gasteiger partial charge is 0.416 e. The van der Waals surface area contributed by atoms with Crippen LogP contribution in [0.1, 0.15) is 36.4 Å². The molecule has 0 saturated carbocycles. The number of hydrogen-bond acceptors (Lipinski definition) is 4. The number of alkyl halides is 3. The lowest BCUT2D eigenvalue weighted by Crippen LogP contribution is -2.34. The van der Waals surface area contributed by atoms with Crippen LogP contribution in [0, 0.1) is 0 Å². The van der Waals surface area contributed by atoms with Crippen LogP contribution in [0.3, 0.4) is 0 Å². The van der Waals surface area contributed by atoms with Gasteiger partial charge in [0, 0.05) is 25.0 Å². The van der Waals surface area contributed by atoms with Crippen molar-refractivity contribution in [1.82, 2.24) is 19.5 Å². The lowest BCUT2D eigenvalue weighted by molar-refractivity contribution is -0.137. The van der Waals surface area contributed by atoms with E-state index in [9.17, 15) is 13.2 Å². The average molecular weight is 373 g/mol. The zero-order chi connectivity index (χ0) is 18.9. The number of aromatic nitrogens is 4. The Morgan fingerprint density at radius 2 is 1.78 bits per heavy atom. The Balaban J connectivity index is 1.64. The zero-order valence-corrected chi connectivity index (χ0v) is 14.5. The molecule has 3 aromatic rings. The maximum atomic E-state index is 12.8. The van der Waals surface area contributed by atoms with Crippen molar-refractivity contribution >= 4 is 5.82 Å². The summed E-state index contributed by atoms with van der Waals surface area (Å²) in [4.78, 5) is 14.9. The van der Waals surface area contributed by atoms with Gasteiger partial charge in [-0.25, -0.2) is 15.0 Å².